The van der Waals surface area contributed by atoms with Crippen LogP contribution < -0.4 is 4.90 Å². The van der Waals surface area contributed by atoms with E-state index in [0.717, 1.165) is 11.3 Å². The van der Waals surface area contributed by atoms with E-state index in [-0.39, 0.29) is 18.7 Å². The highest BCUT2D eigenvalue weighted by atomic mass is 16.5. The first-order valence-corrected chi connectivity index (χ1v) is 6.65. The van der Waals surface area contributed by atoms with Crippen molar-refractivity contribution in [3.05, 3.63) is 29.8 Å². The number of para-hydroxylation sites is 1. The number of aliphatic hydroxyl groups is 1. The summed E-state index contributed by atoms with van der Waals surface area (Å²) in [7, 11) is 1.31. The van der Waals surface area contributed by atoms with Gasteiger partial charge in [0.15, 0.2) is 0 Å². The zero-order valence-corrected chi connectivity index (χ0v) is 11.8. The fourth-order valence-electron chi connectivity index (χ4n) is 2.45. The number of amides is 1. The number of rotatable bonds is 3. The van der Waals surface area contributed by atoms with Gasteiger partial charge in [0.25, 0.3) is 0 Å². The van der Waals surface area contributed by atoms with Crippen LogP contribution in [0.4, 0.5) is 5.69 Å². The number of hydrogen-bond donors (Lipinski definition) is 1. The van der Waals surface area contributed by atoms with E-state index in [1.165, 1.54) is 7.11 Å². The molecule has 1 N–H and O–H groups in total. The standard InChI is InChI=1S/C15H19NO4/c1-15(19)9-10-16(12-6-4-3-5-11(12)15)13(17)7-8-14(18)20-2/h3-6,19H,7-10H2,1-2H3. The van der Waals surface area contributed by atoms with Crippen LogP contribution >= 0.6 is 0 Å². The molecule has 0 bridgehead atoms. The lowest BCUT2D eigenvalue weighted by atomic mass is 9.87. The van der Waals surface area contributed by atoms with E-state index in [1.807, 2.05) is 24.3 Å². The van der Waals surface area contributed by atoms with Gasteiger partial charge in [-0.2, -0.15) is 0 Å². The molecule has 1 aliphatic rings. The van der Waals surface area contributed by atoms with Crippen molar-refractivity contribution in [2.24, 2.45) is 0 Å². The number of carbonyl (C=O) groups is 2. The van der Waals surface area contributed by atoms with Gasteiger partial charge in [-0.3, -0.25) is 9.59 Å². The van der Waals surface area contributed by atoms with Gasteiger partial charge in [-0.05, 0) is 19.4 Å². The smallest absolute Gasteiger partial charge is 0.306 e. The lowest BCUT2D eigenvalue weighted by molar-refractivity contribution is -0.141. The molecule has 0 spiro atoms. The third-order valence-corrected chi connectivity index (χ3v) is 3.67. The van der Waals surface area contributed by atoms with Crippen molar-refractivity contribution in [1.29, 1.82) is 0 Å². The summed E-state index contributed by atoms with van der Waals surface area (Å²) in [6, 6.07) is 7.32. The van der Waals surface area contributed by atoms with Crippen LogP contribution in [0.2, 0.25) is 0 Å². The molecular formula is C15H19NO4. The monoisotopic (exact) mass is 277 g/mol. The highest BCUT2D eigenvalue weighted by Gasteiger charge is 2.34. The highest BCUT2D eigenvalue weighted by molar-refractivity contribution is 5.96. The highest BCUT2D eigenvalue weighted by Crippen LogP contribution is 2.38. The van der Waals surface area contributed by atoms with Crippen LogP contribution in [0.3, 0.4) is 0 Å². The second-order valence-electron chi connectivity index (χ2n) is 5.16. The number of carbonyl (C=O) groups excluding carboxylic acids is 2. The van der Waals surface area contributed by atoms with E-state index in [0.29, 0.717) is 13.0 Å². The molecule has 5 nitrogen and oxygen atoms in total. The molecule has 0 saturated carbocycles. The SMILES string of the molecule is COC(=O)CCC(=O)N1CCC(C)(O)c2ccccc21. The maximum absolute atomic E-state index is 12.2. The largest absolute Gasteiger partial charge is 0.469 e. The predicted octanol–water partition coefficient (Wildman–Crippen LogP) is 1.58. The van der Waals surface area contributed by atoms with Crippen LogP contribution in [-0.4, -0.2) is 30.6 Å². The Labute approximate surface area is 118 Å². The zero-order chi connectivity index (χ0) is 14.8. The van der Waals surface area contributed by atoms with Crippen LogP contribution in [0.5, 0.6) is 0 Å². The van der Waals surface area contributed by atoms with Crippen LogP contribution in [-0.2, 0) is 19.9 Å². The Kier molecular flexibility index (Phi) is 4.09. The Morgan fingerprint density at radius 2 is 2.05 bits per heavy atom. The first-order chi connectivity index (χ1) is 9.45. The van der Waals surface area contributed by atoms with Crippen molar-refractivity contribution in [3.8, 4) is 0 Å². The summed E-state index contributed by atoms with van der Waals surface area (Å²) >= 11 is 0. The maximum atomic E-state index is 12.2. The molecule has 0 saturated heterocycles. The van der Waals surface area contributed by atoms with Gasteiger partial charge in [-0.25, -0.2) is 0 Å². The molecule has 0 aromatic heterocycles. The van der Waals surface area contributed by atoms with Crippen molar-refractivity contribution in [2.45, 2.75) is 31.8 Å². The fraction of sp³-hybridized carbons (Fsp3) is 0.467. The first kappa shape index (κ1) is 14.5. The quantitative estimate of drug-likeness (QED) is 0.852. The third kappa shape index (κ3) is 2.82. The van der Waals surface area contributed by atoms with E-state index in [4.69, 9.17) is 0 Å². The Morgan fingerprint density at radius 3 is 2.75 bits per heavy atom. The fourth-order valence-corrected chi connectivity index (χ4v) is 2.45. The summed E-state index contributed by atoms with van der Waals surface area (Å²) in [6.45, 7) is 2.20. The topological polar surface area (TPSA) is 66.8 Å². The number of esters is 1. The summed E-state index contributed by atoms with van der Waals surface area (Å²) in [6.07, 6.45) is 0.668. The minimum absolute atomic E-state index is 0.0738. The molecule has 1 aliphatic heterocycles. The normalized spacial score (nSPS) is 21.2. The van der Waals surface area contributed by atoms with Gasteiger partial charge in [0.2, 0.25) is 5.91 Å². The molecule has 0 fully saturated rings. The molecule has 1 unspecified atom stereocenters. The van der Waals surface area contributed by atoms with Crippen molar-refractivity contribution in [1.82, 2.24) is 0 Å². The molecule has 108 valence electrons. The summed E-state index contributed by atoms with van der Waals surface area (Å²) in [5.74, 6) is -0.519. The molecule has 0 aliphatic carbocycles. The molecule has 20 heavy (non-hydrogen) atoms. The number of fused-ring (bicyclic) bond motifs is 1. The van der Waals surface area contributed by atoms with Gasteiger partial charge in [-0.1, -0.05) is 18.2 Å². The van der Waals surface area contributed by atoms with Crippen molar-refractivity contribution in [3.63, 3.8) is 0 Å². The Bertz CT molecular complexity index is 524. The Hall–Kier alpha value is -1.88. The molecule has 1 aromatic rings. The summed E-state index contributed by atoms with van der Waals surface area (Å²) in [5.41, 5.74) is 0.548. The Balaban J connectivity index is 2.18. The van der Waals surface area contributed by atoms with E-state index < -0.39 is 11.6 Å². The van der Waals surface area contributed by atoms with Crippen LogP contribution in [0.15, 0.2) is 24.3 Å². The molecule has 0 radical (unpaired) electrons. The molecule has 1 aromatic carbocycles. The van der Waals surface area contributed by atoms with E-state index in [2.05, 4.69) is 4.74 Å². The summed E-state index contributed by atoms with van der Waals surface area (Å²) in [5, 5.41) is 10.4. The molecule has 5 heteroatoms. The average molecular weight is 277 g/mol. The average Bonchev–Trinajstić information content (AvgIpc) is 2.44. The second-order valence-corrected chi connectivity index (χ2v) is 5.16. The number of ether oxygens (including phenoxy) is 1. The molecule has 1 amide bonds. The van der Waals surface area contributed by atoms with Crippen LogP contribution in [0.25, 0.3) is 0 Å². The minimum atomic E-state index is -0.921. The second kappa shape index (κ2) is 5.63. The summed E-state index contributed by atoms with van der Waals surface area (Å²) in [4.78, 5) is 25.0. The molecule has 2 rings (SSSR count). The number of anilines is 1. The lowest BCUT2D eigenvalue weighted by Gasteiger charge is -2.38. The van der Waals surface area contributed by atoms with Gasteiger partial charge < -0.3 is 14.7 Å². The van der Waals surface area contributed by atoms with Gasteiger partial charge in [0, 0.05) is 24.2 Å². The van der Waals surface area contributed by atoms with Crippen molar-refractivity contribution < 1.29 is 19.4 Å². The van der Waals surface area contributed by atoms with E-state index in [1.54, 1.807) is 11.8 Å². The molecule has 1 heterocycles. The van der Waals surface area contributed by atoms with Crippen molar-refractivity contribution >= 4 is 17.6 Å². The predicted molar refractivity (Wildman–Crippen MR) is 74.2 cm³/mol. The van der Waals surface area contributed by atoms with Gasteiger partial charge in [0.1, 0.15) is 0 Å². The minimum Gasteiger partial charge on any atom is -0.469 e. The van der Waals surface area contributed by atoms with Gasteiger partial charge in [-0.15, -0.1) is 0 Å². The Morgan fingerprint density at radius 1 is 1.35 bits per heavy atom. The number of benzene rings is 1. The third-order valence-electron chi connectivity index (χ3n) is 3.67. The lowest BCUT2D eigenvalue weighted by Crippen LogP contribution is -2.42. The summed E-state index contributed by atoms with van der Waals surface area (Å²) < 4.78 is 4.54. The van der Waals surface area contributed by atoms with Gasteiger partial charge in [0.05, 0.1) is 19.1 Å². The number of nitrogens with zero attached hydrogens (tertiary/aromatic N) is 1. The number of hydrogen-bond acceptors (Lipinski definition) is 4. The first-order valence-electron chi connectivity index (χ1n) is 6.65. The molecular weight excluding hydrogens is 258 g/mol. The zero-order valence-electron chi connectivity index (χ0n) is 11.8. The molecule has 1 atom stereocenters. The van der Waals surface area contributed by atoms with Crippen LogP contribution in [0, 0.1) is 0 Å². The van der Waals surface area contributed by atoms with E-state index >= 15 is 0 Å². The van der Waals surface area contributed by atoms with Gasteiger partial charge >= 0.3 is 5.97 Å². The van der Waals surface area contributed by atoms with Crippen molar-refractivity contribution in [2.75, 3.05) is 18.6 Å². The van der Waals surface area contributed by atoms with E-state index in [9.17, 15) is 14.7 Å². The maximum Gasteiger partial charge on any atom is 0.306 e. The van der Waals surface area contributed by atoms with Crippen LogP contribution in [0.1, 0.15) is 31.7 Å². The number of methoxy groups -OCH3 is 1.